The highest BCUT2D eigenvalue weighted by Crippen LogP contribution is 2.13. The van der Waals surface area contributed by atoms with Crippen LogP contribution in [0.4, 0.5) is 0 Å². The third kappa shape index (κ3) is 2.47. The summed E-state index contributed by atoms with van der Waals surface area (Å²) in [6.07, 6.45) is 0. The van der Waals surface area contributed by atoms with Gasteiger partial charge < -0.3 is 9.64 Å². The quantitative estimate of drug-likeness (QED) is 0.835. The van der Waals surface area contributed by atoms with Crippen LogP contribution in [-0.4, -0.2) is 46.2 Å². The highest BCUT2D eigenvalue weighted by atomic mass is 16.5. The van der Waals surface area contributed by atoms with Crippen molar-refractivity contribution in [2.24, 2.45) is 0 Å². The van der Waals surface area contributed by atoms with Crippen LogP contribution in [0.5, 0.6) is 0 Å². The molecule has 3 rings (SSSR count). The van der Waals surface area contributed by atoms with E-state index in [4.69, 9.17) is 4.74 Å². The summed E-state index contributed by atoms with van der Waals surface area (Å²) in [5.74, 6) is -0.0283. The Bertz CT molecular complexity index is 711. The van der Waals surface area contributed by atoms with Gasteiger partial charge in [-0.15, -0.1) is 0 Å². The van der Waals surface area contributed by atoms with Crippen LogP contribution in [0.3, 0.4) is 0 Å². The zero-order valence-corrected chi connectivity index (χ0v) is 12.1. The number of aromatic nitrogens is 2. The Hall–Kier alpha value is -2.08. The van der Waals surface area contributed by atoms with E-state index in [9.17, 15) is 9.59 Å². The summed E-state index contributed by atoms with van der Waals surface area (Å²) in [6, 6.07) is 7.59. The van der Waals surface area contributed by atoms with Gasteiger partial charge >= 0.3 is 5.69 Å². The van der Waals surface area contributed by atoms with Crippen molar-refractivity contribution in [3.63, 3.8) is 0 Å². The SMILES string of the molecule is CCn1c(=O)n(CC(=O)N2CCOCC2)c2ccccc21. The van der Waals surface area contributed by atoms with E-state index in [0.717, 1.165) is 11.0 Å². The predicted molar refractivity (Wildman–Crippen MR) is 79.3 cm³/mol. The fourth-order valence-corrected chi connectivity index (χ4v) is 2.78. The minimum Gasteiger partial charge on any atom is -0.378 e. The molecule has 1 aliphatic heterocycles. The number of morpholine rings is 1. The second kappa shape index (κ2) is 5.73. The number of carbonyl (C=O) groups excluding carboxylic acids is 1. The number of para-hydroxylation sites is 2. The van der Waals surface area contributed by atoms with E-state index in [1.54, 1.807) is 14.0 Å². The number of aryl methyl sites for hydroxylation is 1. The van der Waals surface area contributed by atoms with Crippen LogP contribution in [0.1, 0.15) is 6.92 Å². The molecular weight excluding hydrogens is 270 g/mol. The second-order valence-electron chi connectivity index (χ2n) is 5.09. The molecule has 1 aromatic carbocycles. The third-order valence-electron chi connectivity index (χ3n) is 3.90. The lowest BCUT2D eigenvalue weighted by atomic mass is 10.3. The van der Waals surface area contributed by atoms with E-state index in [1.807, 2.05) is 31.2 Å². The first-order chi connectivity index (χ1) is 10.2. The van der Waals surface area contributed by atoms with Crippen molar-refractivity contribution < 1.29 is 9.53 Å². The highest BCUT2D eigenvalue weighted by molar-refractivity contribution is 5.81. The van der Waals surface area contributed by atoms with Crippen LogP contribution < -0.4 is 5.69 Å². The Kier molecular flexibility index (Phi) is 3.79. The van der Waals surface area contributed by atoms with Crippen molar-refractivity contribution in [3.05, 3.63) is 34.7 Å². The molecule has 6 nitrogen and oxygen atoms in total. The highest BCUT2D eigenvalue weighted by Gasteiger charge is 2.20. The molecule has 1 aromatic heterocycles. The molecule has 0 spiro atoms. The molecule has 2 aromatic rings. The van der Waals surface area contributed by atoms with E-state index in [0.29, 0.717) is 32.8 Å². The molecule has 6 heteroatoms. The van der Waals surface area contributed by atoms with Crippen molar-refractivity contribution in [2.45, 2.75) is 20.0 Å². The van der Waals surface area contributed by atoms with Gasteiger partial charge in [0.05, 0.1) is 24.2 Å². The zero-order chi connectivity index (χ0) is 14.8. The molecule has 2 heterocycles. The van der Waals surface area contributed by atoms with Crippen LogP contribution in [0.25, 0.3) is 11.0 Å². The average molecular weight is 289 g/mol. The fourth-order valence-electron chi connectivity index (χ4n) is 2.78. The standard InChI is InChI=1S/C15H19N3O3/c1-2-17-12-5-3-4-6-13(12)18(15(17)20)11-14(19)16-7-9-21-10-8-16/h3-6H,2,7-11H2,1H3. The van der Waals surface area contributed by atoms with E-state index in [1.165, 1.54) is 0 Å². The number of imidazole rings is 1. The zero-order valence-electron chi connectivity index (χ0n) is 12.1. The minimum absolute atomic E-state index is 0.0283. The summed E-state index contributed by atoms with van der Waals surface area (Å²) in [4.78, 5) is 26.6. The third-order valence-corrected chi connectivity index (χ3v) is 3.90. The van der Waals surface area contributed by atoms with E-state index in [2.05, 4.69) is 0 Å². The Balaban J connectivity index is 1.95. The normalized spacial score (nSPS) is 15.6. The molecule has 21 heavy (non-hydrogen) atoms. The number of nitrogens with zero attached hydrogens (tertiary/aromatic N) is 3. The number of hydrogen-bond acceptors (Lipinski definition) is 3. The molecule has 1 fully saturated rings. The van der Waals surface area contributed by atoms with Gasteiger partial charge in [0.25, 0.3) is 0 Å². The lowest BCUT2D eigenvalue weighted by Gasteiger charge is -2.26. The molecule has 1 saturated heterocycles. The van der Waals surface area contributed by atoms with Gasteiger partial charge in [-0.25, -0.2) is 4.79 Å². The summed E-state index contributed by atoms with van der Waals surface area (Å²) in [6.45, 7) is 4.95. The van der Waals surface area contributed by atoms with Gasteiger partial charge in [-0.2, -0.15) is 0 Å². The van der Waals surface area contributed by atoms with Crippen molar-refractivity contribution >= 4 is 16.9 Å². The van der Waals surface area contributed by atoms with Crippen molar-refractivity contribution in [2.75, 3.05) is 26.3 Å². The van der Waals surface area contributed by atoms with Crippen LogP contribution in [0.15, 0.2) is 29.1 Å². The molecule has 1 aliphatic rings. The predicted octanol–water partition coefficient (Wildman–Crippen LogP) is 0.682. The first-order valence-electron chi connectivity index (χ1n) is 7.26. The summed E-state index contributed by atoms with van der Waals surface area (Å²) < 4.78 is 8.51. The van der Waals surface area contributed by atoms with Crippen molar-refractivity contribution in [1.29, 1.82) is 0 Å². The maximum Gasteiger partial charge on any atom is 0.329 e. The van der Waals surface area contributed by atoms with Crippen LogP contribution in [-0.2, 0) is 22.6 Å². The molecule has 0 saturated carbocycles. The van der Waals surface area contributed by atoms with Gasteiger partial charge in [-0.1, -0.05) is 12.1 Å². The Morgan fingerprint density at radius 1 is 1.14 bits per heavy atom. The van der Waals surface area contributed by atoms with Gasteiger partial charge in [-0.3, -0.25) is 13.9 Å². The second-order valence-corrected chi connectivity index (χ2v) is 5.09. The number of amides is 1. The summed E-state index contributed by atoms with van der Waals surface area (Å²) in [5, 5.41) is 0. The van der Waals surface area contributed by atoms with Gasteiger partial charge in [0.15, 0.2) is 0 Å². The molecular formula is C15H19N3O3. The lowest BCUT2D eigenvalue weighted by molar-refractivity contribution is -0.135. The number of fused-ring (bicyclic) bond motifs is 1. The van der Waals surface area contributed by atoms with E-state index in [-0.39, 0.29) is 18.1 Å². The smallest absolute Gasteiger partial charge is 0.329 e. The van der Waals surface area contributed by atoms with Crippen LogP contribution in [0.2, 0.25) is 0 Å². The summed E-state index contributed by atoms with van der Waals surface area (Å²) in [5.41, 5.74) is 1.56. The lowest BCUT2D eigenvalue weighted by Crippen LogP contribution is -2.43. The maximum atomic E-state index is 12.5. The van der Waals surface area contributed by atoms with Gasteiger partial charge in [-0.05, 0) is 19.1 Å². The van der Waals surface area contributed by atoms with Gasteiger partial charge in [0.2, 0.25) is 5.91 Å². The Labute approximate surface area is 122 Å². The van der Waals surface area contributed by atoms with Crippen LogP contribution >= 0.6 is 0 Å². The van der Waals surface area contributed by atoms with Crippen molar-refractivity contribution in [3.8, 4) is 0 Å². The number of rotatable bonds is 3. The Morgan fingerprint density at radius 3 is 2.38 bits per heavy atom. The molecule has 0 bridgehead atoms. The first kappa shape index (κ1) is 13.9. The fraction of sp³-hybridized carbons (Fsp3) is 0.467. The monoisotopic (exact) mass is 289 g/mol. The largest absolute Gasteiger partial charge is 0.378 e. The molecule has 1 amide bonds. The van der Waals surface area contributed by atoms with Gasteiger partial charge in [0, 0.05) is 19.6 Å². The topological polar surface area (TPSA) is 56.5 Å². The molecule has 0 unspecified atom stereocenters. The van der Waals surface area contributed by atoms with E-state index >= 15 is 0 Å². The first-order valence-corrected chi connectivity index (χ1v) is 7.26. The van der Waals surface area contributed by atoms with Gasteiger partial charge in [0.1, 0.15) is 6.54 Å². The molecule has 0 aliphatic carbocycles. The summed E-state index contributed by atoms with van der Waals surface area (Å²) >= 11 is 0. The maximum absolute atomic E-state index is 12.5. The molecule has 0 atom stereocenters. The summed E-state index contributed by atoms with van der Waals surface area (Å²) in [7, 11) is 0. The Morgan fingerprint density at radius 2 is 1.76 bits per heavy atom. The minimum atomic E-state index is -0.125. The number of ether oxygens (including phenoxy) is 1. The van der Waals surface area contributed by atoms with E-state index < -0.39 is 0 Å². The van der Waals surface area contributed by atoms with Crippen LogP contribution in [0, 0.1) is 0 Å². The van der Waals surface area contributed by atoms with Crippen molar-refractivity contribution in [1.82, 2.24) is 14.0 Å². The average Bonchev–Trinajstić information content (AvgIpc) is 2.80. The molecule has 0 N–H and O–H groups in total. The molecule has 0 radical (unpaired) electrons. The number of hydrogen-bond donors (Lipinski definition) is 0. The number of carbonyl (C=O) groups is 1. The molecule has 112 valence electrons. The number of benzene rings is 1.